The minimum Gasteiger partial charge on any atom is -0.497 e. The van der Waals surface area contributed by atoms with Crippen LogP contribution in [-0.4, -0.2) is 43.5 Å². The molecule has 29 heavy (non-hydrogen) atoms. The molecule has 3 rings (SSSR count). The van der Waals surface area contributed by atoms with Gasteiger partial charge in [0, 0.05) is 18.0 Å². The van der Waals surface area contributed by atoms with Crippen molar-refractivity contribution in [1.29, 1.82) is 0 Å². The zero-order chi connectivity index (χ0) is 21.2. The highest BCUT2D eigenvalue weighted by Gasteiger charge is 2.38. The van der Waals surface area contributed by atoms with Gasteiger partial charge in [0.2, 0.25) is 15.9 Å². The van der Waals surface area contributed by atoms with Gasteiger partial charge in [0.25, 0.3) is 0 Å². The Hall–Kier alpha value is -2.39. The first-order valence-corrected chi connectivity index (χ1v) is 11.0. The van der Waals surface area contributed by atoms with Crippen molar-refractivity contribution in [3.8, 4) is 5.75 Å². The van der Waals surface area contributed by atoms with Gasteiger partial charge in [-0.3, -0.25) is 4.79 Å². The third kappa shape index (κ3) is 4.62. The molecule has 1 saturated heterocycles. The molecule has 1 amide bonds. The fourth-order valence-electron chi connectivity index (χ4n) is 3.23. The van der Waals surface area contributed by atoms with Gasteiger partial charge in [0.1, 0.15) is 17.6 Å². The van der Waals surface area contributed by atoms with Gasteiger partial charge >= 0.3 is 0 Å². The van der Waals surface area contributed by atoms with Crippen molar-refractivity contribution in [2.24, 2.45) is 0 Å². The maximum absolute atomic E-state index is 13.2. The Labute approximate surface area is 171 Å². The first-order valence-electron chi connectivity index (χ1n) is 9.57. The van der Waals surface area contributed by atoms with Crippen molar-refractivity contribution in [2.45, 2.75) is 56.4 Å². The second kappa shape index (κ2) is 8.16. The lowest BCUT2D eigenvalue weighted by Gasteiger charge is -2.33. The van der Waals surface area contributed by atoms with Crippen LogP contribution in [0.3, 0.4) is 0 Å². The van der Waals surface area contributed by atoms with Crippen molar-refractivity contribution in [1.82, 2.24) is 9.46 Å². The Morgan fingerprint density at radius 2 is 1.93 bits per heavy atom. The van der Waals surface area contributed by atoms with Crippen LogP contribution in [0.1, 0.15) is 45.8 Å². The van der Waals surface area contributed by atoms with Crippen LogP contribution in [0.15, 0.2) is 39.8 Å². The Balaban J connectivity index is 1.81. The molecule has 2 heterocycles. The van der Waals surface area contributed by atoms with Gasteiger partial charge in [-0.25, -0.2) is 8.42 Å². The SMILES string of the molecule is COc1ccc(S(=O)(=O)N2CCCC[C@H]2C(=O)Nc2cc(C(C)(C)C)on2)cc1. The van der Waals surface area contributed by atoms with Gasteiger partial charge < -0.3 is 14.6 Å². The van der Waals surface area contributed by atoms with E-state index >= 15 is 0 Å². The summed E-state index contributed by atoms with van der Waals surface area (Å²) in [5, 5.41) is 6.60. The van der Waals surface area contributed by atoms with E-state index in [2.05, 4.69) is 10.5 Å². The highest BCUT2D eigenvalue weighted by molar-refractivity contribution is 7.89. The number of amides is 1. The number of nitrogens with one attached hydrogen (secondary N) is 1. The van der Waals surface area contributed by atoms with Crippen LogP contribution in [0.4, 0.5) is 5.82 Å². The first-order chi connectivity index (χ1) is 13.6. The monoisotopic (exact) mass is 421 g/mol. The standard InChI is InChI=1S/C20H27N3O5S/c1-20(2,3)17-13-18(22-28-17)21-19(24)16-7-5-6-12-23(16)29(25,26)15-10-8-14(27-4)9-11-15/h8-11,13,16H,5-7,12H2,1-4H3,(H,21,22,24)/t16-/m0/s1. The number of rotatable bonds is 5. The van der Waals surface area contributed by atoms with E-state index in [0.29, 0.717) is 30.9 Å². The van der Waals surface area contributed by atoms with E-state index < -0.39 is 22.0 Å². The van der Waals surface area contributed by atoms with Crippen molar-refractivity contribution in [3.63, 3.8) is 0 Å². The molecular weight excluding hydrogens is 394 g/mol. The third-order valence-corrected chi connectivity index (χ3v) is 6.85. The Bertz CT molecular complexity index is 961. The highest BCUT2D eigenvalue weighted by atomic mass is 32.2. The number of benzene rings is 1. The largest absolute Gasteiger partial charge is 0.497 e. The van der Waals surface area contributed by atoms with Crippen molar-refractivity contribution in [2.75, 3.05) is 19.0 Å². The smallest absolute Gasteiger partial charge is 0.244 e. The summed E-state index contributed by atoms with van der Waals surface area (Å²) in [7, 11) is -2.30. The van der Waals surface area contributed by atoms with Crippen LogP contribution in [0.5, 0.6) is 5.75 Å². The fourth-order valence-corrected chi connectivity index (χ4v) is 4.89. The van der Waals surface area contributed by atoms with E-state index in [9.17, 15) is 13.2 Å². The van der Waals surface area contributed by atoms with E-state index in [1.165, 1.54) is 23.5 Å². The van der Waals surface area contributed by atoms with E-state index in [0.717, 1.165) is 6.42 Å². The number of carbonyl (C=O) groups excluding carboxylic acids is 1. The molecule has 0 bridgehead atoms. The summed E-state index contributed by atoms with van der Waals surface area (Å²) >= 11 is 0. The van der Waals surface area contributed by atoms with Crippen LogP contribution >= 0.6 is 0 Å². The van der Waals surface area contributed by atoms with Crippen LogP contribution in [-0.2, 0) is 20.2 Å². The summed E-state index contributed by atoms with van der Waals surface area (Å²) in [6, 6.07) is 7.04. The van der Waals surface area contributed by atoms with Crippen LogP contribution < -0.4 is 10.1 Å². The number of hydrogen-bond donors (Lipinski definition) is 1. The van der Waals surface area contributed by atoms with Crippen molar-refractivity contribution < 1.29 is 22.5 Å². The van der Waals surface area contributed by atoms with Gasteiger partial charge in [0.05, 0.1) is 12.0 Å². The molecule has 0 spiro atoms. The molecule has 1 aliphatic rings. The summed E-state index contributed by atoms with van der Waals surface area (Å²) in [6.45, 7) is 6.22. The molecule has 1 fully saturated rings. The molecule has 1 aliphatic heterocycles. The zero-order valence-electron chi connectivity index (χ0n) is 17.1. The third-order valence-electron chi connectivity index (χ3n) is 4.92. The normalized spacial score (nSPS) is 18.4. The minimum absolute atomic E-state index is 0.134. The molecule has 158 valence electrons. The summed E-state index contributed by atoms with van der Waals surface area (Å²) in [6.07, 6.45) is 1.93. The van der Waals surface area contributed by atoms with Crippen LogP contribution in [0.2, 0.25) is 0 Å². The molecule has 0 radical (unpaired) electrons. The molecule has 8 nitrogen and oxygen atoms in total. The second-order valence-corrected chi connectivity index (χ2v) is 10.0. The number of methoxy groups -OCH3 is 1. The molecule has 0 saturated carbocycles. The topological polar surface area (TPSA) is 102 Å². The summed E-state index contributed by atoms with van der Waals surface area (Å²) in [4.78, 5) is 13.0. The Morgan fingerprint density at radius 1 is 1.24 bits per heavy atom. The van der Waals surface area contributed by atoms with Crippen molar-refractivity contribution >= 4 is 21.7 Å². The number of carbonyl (C=O) groups is 1. The molecular formula is C20H27N3O5S. The predicted octanol–water partition coefficient (Wildman–Crippen LogP) is 3.16. The molecule has 1 aromatic carbocycles. The average Bonchev–Trinajstić information content (AvgIpc) is 3.17. The molecule has 0 unspecified atom stereocenters. The summed E-state index contributed by atoms with van der Waals surface area (Å²) < 4.78 is 38.0. The highest BCUT2D eigenvalue weighted by Crippen LogP contribution is 2.28. The Morgan fingerprint density at radius 3 is 2.52 bits per heavy atom. The molecule has 1 N–H and O–H groups in total. The van der Waals surface area contributed by atoms with Crippen LogP contribution in [0, 0.1) is 0 Å². The molecule has 0 aliphatic carbocycles. The summed E-state index contributed by atoms with van der Waals surface area (Å²) in [5.41, 5.74) is -0.245. The average molecular weight is 422 g/mol. The van der Waals surface area contributed by atoms with Gasteiger partial charge in [-0.2, -0.15) is 4.31 Å². The number of piperidine rings is 1. The van der Waals surface area contributed by atoms with Gasteiger partial charge in [0.15, 0.2) is 5.82 Å². The molecule has 1 atom stereocenters. The molecule has 2 aromatic rings. The van der Waals surface area contributed by atoms with E-state index in [1.54, 1.807) is 18.2 Å². The first kappa shape index (κ1) is 21.3. The second-order valence-electron chi connectivity index (χ2n) is 8.12. The van der Waals surface area contributed by atoms with Gasteiger partial charge in [-0.1, -0.05) is 32.3 Å². The number of anilines is 1. The number of ether oxygens (including phenoxy) is 1. The van der Waals surface area contributed by atoms with E-state index in [1.807, 2.05) is 20.8 Å². The lowest BCUT2D eigenvalue weighted by Crippen LogP contribution is -2.49. The van der Waals surface area contributed by atoms with E-state index in [4.69, 9.17) is 9.26 Å². The quantitative estimate of drug-likeness (QED) is 0.796. The van der Waals surface area contributed by atoms with Gasteiger partial charge in [-0.05, 0) is 37.1 Å². The number of sulfonamides is 1. The number of hydrogen-bond acceptors (Lipinski definition) is 6. The zero-order valence-corrected chi connectivity index (χ0v) is 18.0. The van der Waals surface area contributed by atoms with E-state index in [-0.39, 0.29) is 16.1 Å². The maximum Gasteiger partial charge on any atom is 0.244 e. The van der Waals surface area contributed by atoms with Crippen molar-refractivity contribution in [3.05, 3.63) is 36.1 Å². The predicted molar refractivity (Wildman–Crippen MR) is 108 cm³/mol. The lowest BCUT2D eigenvalue weighted by atomic mass is 9.93. The van der Waals surface area contributed by atoms with Crippen LogP contribution in [0.25, 0.3) is 0 Å². The Kier molecular flexibility index (Phi) is 6.00. The van der Waals surface area contributed by atoms with Gasteiger partial charge in [-0.15, -0.1) is 0 Å². The minimum atomic E-state index is -3.82. The maximum atomic E-state index is 13.2. The summed E-state index contributed by atoms with van der Waals surface area (Å²) in [5.74, 6) is 1.08. The molecule has 9 heteroatoms. The fraction of sp³-hybridized carbons (Fsp3) is 0.500. The number of aromatic nitrogens is 1. The number of nitrogens with zero attached hydrogens (tertiary/aromatic N) is 2. The molecule has 1 aromatic heterocycles. The lowest BCUT2D eigenvalue weighted by molar-refractivity contribution is -0.120.